The number of amides is 1. The predicted molar refractivity (Wildman–Crippen MR) is 107 cm³/mol. The minimum Gasteiger partial charge on any atom is -0.301 e. The van der Waals surface area contributed by atoms with Crippen molar-refractivity contribution in [2.24, 2.45) is 16.2 Å². The van der Waals surface area contributed by atoms with Gasteiger partial charge >= 0.3 is 0 Å². The molecule has 0 radical (unpaired) electrons. The molecule has 1 N–H and O–H groups in total. The molecule has 0 spiro atoms. The van der Waals surface area contributed by atoms with Crippen LogP contribution in [0.15, 0.2) is 22.7 Å². The number of Topliss-reactive ketones (excluding diaryl/α,β-unsaturated/α-hetero) is 1. The fourth-order valence-corrected chi connectivity index (χ4v) is 7.54. The summed E-state index contributed by atoms with van der Waals surface area (Å²) in [5.74, 6) is 0.0409. The molecule has 1 aromatic heterocycles. The number of aromatic nitrogens is 1. The first-order chi connectivity index (χ1) is 11.6. The standard InChI is InChI=1S/C18H18Br2N2O2S/c1-16(2)17(3)6-7-18(16,12(20)13(17)23)14(24)22-15-21-10-5-4-9(19)8-11(10)25-15/h4-5,8,12H,6-7H2,1-3H3,(H,21,22,24). The molecule has 4 rings (SSSR count). The van der Waals surface area contributed by atoms with Crippen LogP contribution in [-0.2, 0) is 9.59 Å². The Morgan fingerprint density at radius 3 is 2.68 bits per heavy atom. The van der Waals surface area contributed by atoms with Crippen molar-refractivity contribution in [2.45, 2.75) is 38.4 Å². The molecule has 2 saturated carbocycles. The maximum absolute atomic E-state index is 13.3. The molecule has 2 aromatic rings. The lowest BCUT2D eigenvalue weighted by Crippen LogP contribution is -2.47. The Hall–Kier alpha value is -0.790. The summed E-state index contributed by atoms with van der Waals surface area (Å²) in [7, 11) is 0. The van der Waals surface area contributed by atoms with Crippen LogP contribution in [0, 0.1) is 16.2 Å². The number of hydrogen-bond acceptors (Lipinski definition) is 4. The number of benzene rings is 1. The molecule has 4 nitrogen and oxygen atoms in total. The normalized spacial score (nSPS) is 33.2. The predicted octanol–water partition coefficient (Wildman–Crippen LogP) is 5.16. The summed E-state index contributed by atoms with van der Waals surface area (Å²) in [6.45, 7) is 6.10. The molecule has 3 atom stereocenters. The van der Waals surface area contributed by atoms with E-state index in [0.717, 1.165) is 21.1 Å². The molecule has 0 aliphatic heterocycles. The summed E-state index contributed by atoms with van der Waals surface area (Å²) in [4.78, 5) is 30.2. The SMILES string of the molecule is CC12CCC(C(=O)Nc3nc4ccc(Br)cc4s3)(C(Br)C1=O)C2(C)C. The molecule has 132 valence electrons. The van der Waals surface area contributed by atoms with E-state index < -0.39 is 21.1 Å². The smallest absolute Gasteiger partial charge is 0.234 e. The van der Waals surface area contributed by atoms with Crippen LogP contribution in [0.25, 0.3) is 10.2 Å². The molecule has 0 saturated heterocycles. The van der Waals surface area contributed by atoms with Gasteiger partial charge in [-0.2, -0.15) is 0 Å². The highest BCUT2D eigenvalue weighted by molar-refractivity contribution is 9.10. The molecule has 2 aliphatic rings. The Morgan fingerprint density at radius 2 is 2.04 bits per heavy atom. The monoisotopic (exact) mass is 484 g/mol. The van der Waals surface area contributed by atoms with E-state index in [4.69, 9.17) is 0 Å². The third-order valence-electron chi connectivity index (χ3n) is 6.70. The Kier molecular flexibility index (Phi) is 3.78. The van der Waals surface area contributed by atoms with Gasteiger partial charge in [0.25, 0.3) is 0 Å². The van der Waals surface area contributed by atoms with Crippen molar-refractivity contribution in [3.05, 3.63) is 22.7 Å². The van der Waals surface area contributed by atoms with E-state index in [-0.39, 0.29) is 11.7 Å². The van der Waals surface area contributed by atoms with E-state index in [2.05, 4.69) is 42.2 Å². The Bertz CT molecular complexity index is 925. The number of rotatable bonds is 2. The van der Waals surface area contributed by atoms with E-state index in [9.17, 15) is 9.59 Å². The molecule has 2 aliphatic carbocycles. The topological polar surface area (TPSA) is 59.1 Å². The van der Waals surface area contributed by atoms with Gasteiger partial charge in [-0.05, 0) is 36.5 Å². The van der Waals surface area contributed by atoms with Crippen molar-refractivity contribution in [3.8, 4) is 0 Å². The second-order valence-electron chi connectivity index (χ2n) is 7.74. The summed E-state index contributed by atoms with van der Waals surface area (Å²) in [5.41, 5.74) is -0.752. The van der Waals surface area contributed by atoms with Crippen LogP contribution in [-0.4, -0.2) is 21.5 Å². The van der Waals surface area contributed by atoms with Gasteiger partial charge in [0.05, 0.1) is 20.5 Å². The van der Waals surface area contributed by atoms with Crippen LogP contribution in [0.5, 0.6) is 0 Å². The number of alkyl halides is 1. The van der Waals surface area contributed by atoms with Gasteiger partial charge in [0, 0.05) is 9.89 Å². The molecule has 25 heavy (non-hydrogen) atoms. The maximum Gasteiger partial charge on any atom is 0.234 e. The average molecular weight is 486 g/mol. The summed E-state index contributed by atoms with van der Waals surface area (Å²) in [6.07, 6.45) is 1.46. The average Bonchev–Trinajstić information content (AvgIpc) is 3.05. The number of carbonyl (C=O) groups excluding carboxylic acids is 2. The third kappa shape index (κ3) is 2.06. The van der Waals surface area contributed by atoms with Crippen LogP contribution in [0.4, 0.5) is 5.13 Å². The first-order valence-corrected chi connectivity index (χ1v) is 10.7. The number of hydrogen-bond donors (Lipinski definition) is 1. The van der Waals surface area contributed by atoms with Gasteiger partial charge in [0.15, 0.2) is 10.9 Å². The van der Waals surface area contributed by atoms with Crippen molar-refractivity contribution in [3.63, 3.8) is 0 Å². The van der Waals surface area contributed by atoms with Gasteiger partial charge in [-0.15, -0.1) is 0 Å². The van der Waals surface area contributed by atoms with Crippen molar-refractivity contribution in [2.75, 3.05) is 5.32 Å². The largest absolute Gasteiger partial charge is 0.301 e. The second-order valence-corrected chi connectivity index (χ2v) is 10.6. The summed E-state index contributed by atoms with van der Waals surface area (Å²) in [6, 6.07) is 5.85. The summed E-state index contributed by atoms with van der Waals surface area (Å²) in [5, 5.41) is 3.59. The highest BCUT2D eigenvalue weighted by Gasteiger charge is 2.76. The molecule has 2 fully saturated rings. The molecule has 1 heterocycles. The minimum atomic E-state index is -0.739. The fourth-order valence-electron chi connectivity index (χ4n) is 4.62. The first kappa shape index (κ1) is 17.6. The molecule has 1 aromatic carbocycles. The van der Waals surface area contributed by atoms with Crippen LogP contribution in [0.1, 0.15) is 33.6 Å². The van der Waals surface area contributed by atoms with Gasteiger partial charge in [0.2, 0.25) is 5.91 Å². The Balaban J connectivity index is 1.71. The lowest BCUT2D eigenvalue weighted by atomic mass is 9.64. The number of ketones is 1. The molecule has 1 amide bonds. The fraction of sp³-hybridized carbons (Fsp3) is 0.500. The van der Waals surface area contributed by atoms with E-state index in [1.165, 1.54) is 11.3 Å². The highest BCUT2D eigenvalue weighted by atomic mass is 79.9. The van der Waals surface area contributed by atoms with E-state index in [1.807, 2.05) is 39.0 Å². The Morgan fingerprint density at radius 1 is 1.32 bits per heavy atom. The van der Waals surface area contributed by atoms with Crippen LogP contribution >= 0.6 is 43.2 Å². The zero-order chi connectivity index (χ0) is 18.2. The number of thiazole rings is 1. The number of anilines is 1. The lowest BCUT2D eigenvalue weighted by molar-refractivity contribution is -0.130. The van der Waals surface area contributed by atoms with Crippen molar-refractivity contribution >= 4 is 70.2 Å². The maximum atomic E-state index is 13.3. The minimum absolute atomic E-state index is 0.105. The zero-order valence-electron chi connectivity index (χ0n) is 14.2. The summed E-state index contributed by atoms with van der Waals surface area (Å²) < 4.78 is 1.99. The zero-order valence-corrected chi connectivity index (χ0v) is 18.1. The number of nitrogens with zero attached hydrogens (tertiary/aromatic N) is 1. The third-order valence-corrected chi connectivity index (χ3v) is 9.32. The van der Waals surface area contributed by atoms with Crippen LogP contribution in [0.3, 0.4) is 0 Å². The van der Waals surface area contributed by atoms with Crippen molar-refractivity contribution in [1.82, 2.24) is 4.98 Å². The van der Waals surface area contributed by atoms with Gasteiger partial charge in [-0.1, -0.05) is 64.0 Å². The van der Waals surface area contributed by atoms with Crippen molar-refractivity contribution in [1.29, 1.82) is 0 Å². The number of nitrogens with one attached hydrogen (secondary N) is 1. The number of halogens is 2. The number of carbonyl (C=O) groups is 2. The van der Waals surface area contributed by atoms with E-state index in [0.29, 0.717) is 11.6 Å². The molecule has 2 bridgehead atoms. The molecular formula is C18H18Br2N2O2S. The molecule has 3 unspecified atom stereocenters. The highest BCUT2D eigenvalue weighted by Crippen LogP contribution is 2.72. The van der Waals surface area contributed by atoms with Gasteiger partial charge in [-0.3, -0.25) is 9.59 Å². The quantitative estimate of drug-likeness (QED) is 0.598. The van der Waals surface area contributed by atoms with E-state index >= 15 is 0 Å². The van der Waals surface area contributed by atoms with Crippen LogP contribution in [0.2, 0.25) is 0 Å². The van der Waals surface area contributed by atoms with E-state index in [1.54, 1.807) is 0 Å². The second kappa shape index (κ2) is 5.36. The van der Waals surface area contributed by atoms with Gasteiger partial charge in [0.1, 0.15) is 0 Å². The Labute approximate surface area is 167 Å². The van der Waals surface area contributed by atoms with Crippen LogP contribution < -0.4 is 5.32 Å². The summed E-state index contributed by atoms with van der Waals surface area (Å²) >= 11 is 8.46. The molecule has 7 heteroatoms. The number of fused-ring (bicyclic) bond motifs is 3. The van der Waals surface area contributed by atoms with Gasteiger partial charge < -0.3 is 5.32 Å². The lowest BCUT2D eigenvalue weighted by Gasteiger charge is -2.39. The first-order valence-electron chi connectivity index (χ1n) is 8.19. The van der Waals surface area contributed by atoms with Crippen molar-refractivity contribution < 1.29 is 9.59 Å². The van der Waals surface area contributed by atoms with Gasteiger partial charge in [-0.25, -0.2) is 4.98 Å². The molecular weight excluding hydrogens is 468 g/mol.